The Kier molecular flexibility index (Phi) is 3.96. The number of rotatable bonds is 3. The van der Waals surface area contributed by atoms with Crippen LogP contribution in [-0.4, -0.2) is 27.0 Å². The molecule has 0 atom stereocenters. The van der Waals surface area contributed by atoms with Gasteiger partial charge in [-0.2, -0.15) is 0 Å². The number of hydrogen-bond acceptors (Lipinski definition) is 5. The highest BCUT2D eigenvalue weighted by atomic mass is 19.1. The first kappa shape index (κ1) is 16.0. The van der Waals surface area contributed by atoms with Gasteiger partial charge in [-0.3, -0.25) is 4.98 Å². The highest BCUT2D eigenvalue weighted by Gasteiger charge is 2.16. The zero-order valence-corrected chi connectivity index (χ0v) is 13.7. The van der Waals surface area contributed by atoms with Crippen molar-refractivity contribution in [1.29, 1.82) is 0 Å². The lowest BCUT2D eigenvalue weighted by molar-refractivity contribution is 0.628. The molecule has 0 radical (unpaired) electrons. The van der Waals surface area contributed by atoms with Crippen molar-refractivity contribution in [1.82, 2.24) is 19.9 Å². The van der Waals surface area contributed by atoms with Crippen molar-refractivity contribution in [2.75, 3.05) is 12.4 Å². The van der Waals surface area contributed by atoms with Gasteiger partial charge in [0.05, 0.1) is 6.20 Å². The molecule has 0 aliphatic carbocycles. The van der Waals surface area contributed by atoms with E-state index in [-0.39, 0.29) is 11.3 Å². The second-order valence-electron chi connectivity index (χ2n) is 5.57. The molecule has 0 aliphatic rings. The fourth-order valence-corrected chi connectivity index (χ4v) is 2.76. The van der Waals surface area contributed by atoms with Crippen LogP contribution in [0.2, 0.25) is 0 Å². The van der Waals surface area contributed by atoms with Crippen LogP contribution in [0, 0.1) is 11.6 Å². The Balaban J connectivity index is 1.97. The average molecular weight is 349 g/mol. The summed E-state index contributed by atoms with van der Waals surface area (Å²) in [4.78, 5) is 16.8. The lowest BCUT2D eigenvalue weighted by atomic mass is 10.0. The van der Waals surface area contributed by atoms with E-state index in [9.17, 15) is 8.78 Å². The van der Waals surface area contributed by atoms with E-state index in [2.05, 4.69) is 25.3 Å². The molecule has 0 aliphatic heterocycles. The third-order valence-electron chi connectivity index (χ3n) is 3.97. The Labute approximate surface area is 147 Å². The number of halogens is 2. The van der Waals surface area contributed by atoms with E-state index in [4.69, 9.17) is 0 Å². The highest BCUT2D eigenvalue weighted by Crippen LogP contribution is 2.32. The molecule has 0 amide bonds. The first-order valence-electron chi connectivity index (χ1n) is 7.87. The first-order valence-corrected chi connectivity index (χ1v) is 7.87. The Morgan fingerprint density at radius 3 is 2.54 bits per heavy atom. The number of aromatic nitrogens is 4. The molecule has 0 fully saturated rings. The predicted molar refractivity (Wildman–Crippen MR) is 95.5 cm³/mol. The lowest BCUT2D eigenvalue weighted by Gasteiger charge is -2.11. The van der Waals surface area contributed by atoms with Crippen LogP contribution < -0.4 is 5.32 Å². The molecule has 2 aromatic carbocycles. The van der Waals surface area contributed by atoms with E-state index in [0.717, 1.165) is 0 Å². The van der Waals surface area contributed by atoms with E-state index >= 15 is 0 Å². The van der Waals surface area contributed by atoms with Crippen LogP contribution in [0.25, 0.3) is 33.5 Å². The van der Waals surface area contributed by atoms with Crippen LogP contribution in [0.1, 0.15) is 0 Å². The summed E-state index contributed by atoms with van der Waals surface area (Å²) in [7, 11) is 1.68. The molecule has 4 aromatic rings. The van der Waals surface area contributed by atoms with Crippen LogP contribution in [0.3, 0.4) is 0 Å². The standard InChI is InChI=1S/C19H13F2N5/c1-22-18-13-8-11(12-4-2-3-5-14(12)20)9-15(21)17(13)25-19(26-18)16-10-23-6-7-24-16/h2-10H,1H3,(H,22,25,26). The van der Waals surface area contributed by atoms with Gasteiger partial charge in [0.15, 0.2) is 5.82 Å². The van der Waals surface area contributed by atoms with Crippen molar-refractivity contribution in [3.8, 4) is 22.6 Å². The zero-order valence-electron chi connectivity index (χ0n) is 13.7. The largest absolute Gasteiger partial charge is 0.373 e. The van der Waals surface area contributed by atoms with E-state index in [1.807, 2.05) is 0 Å². The Hall–Kier alpha value is -3.48. The lowest BCUT2D eigenvalue weighted by Crippen LogP contribution is -2.01. The molecule has 4 rings (SSSR count). The van der Waals surface area contributed by atoms with Crippen molar-refractivity contribution in [3.05, 3.63) is 66.6 Å². The van der Waals surface area contributed by atoms with Crippen LogP contribution in [0.5, 0.6) is 0 Å². The van der Waals surface area contributed by atoms with Crippen LogP contribution in [0.4, 0.5) is 14.6 Å². The number of fused-ring (bicyclic) bond motifs is 1. The first-order chi connectivity index (χ1) is 12.7. The maximum absolute atomic E-state index is 14.8. The van der Waals surface area contributed by atoms with Gasteiger partial charge in [0, 0.05) is 30.4 Å². The van der Waals surface area contributed by atoms with Gasteiger partial charge in [0.2, 0.25) is 0 Å². The summed E-state index contributed by atoms with van der Waals surface area (Å²) < 4.78 is 28.9. The third kappa shape index (κ3) is 2.73. The molecule has 5 nitrogen and oxygen atoms in total. The summed E-state index contributed by atoms with van der Waals surface area (Å²) in [5.41, 5.74) is 1.29. The summed E-state index contributed by atoms with van der Waals surface area (Å²) in [6.45, 7) is 0. The van der Waals surface area contributed by atoms with Gasteiger partial charge in [-0.05, 0) is 23.8 Å². The van der Waals surface area contributed by atoms with E-state index in [1.165, 1.54) is 30.7 Å². The van der Waals surface area contributed by atoms with E-state index in [1.54, 1.807) is 31.3 Å². The molecule has 26 heavy (non-hydrogen) atoms. The number of nitrogens with one attached hydrogen (secondary N) is 1. The van der Waals surface area contributed by atoms with Gasteiger partial charge >= 0.3 is 0 Å². The quantitative estimate of drug-likeness (QED) is 0.604. The highest BCUT2D eigenvalue weighted by molar-refractivity contribution is 5.94. The number of anilines is 1. The van der Waals surface area contributed by atoms with E-state index in [0.29, 0.717) is 28.0 Å². The fourth-order valence-electron chi connectivity index (χ4n) is 2.76. The van der Waals surface area contributed by atoms with Crippen LogP contribution in [-0.2, 0) is 0 Å². The SMILES string of the molecule is CNc1nc(-c2cnccn2)nc2c(F)cc(-c3ccccc3F)cc12. The van der Waals surface area contributed by atoms with Crippen molar-refractivity contribution in [2.45, 2.75) is 0 Å². The Morgan fingerprint density at radius 1 is 0.962 bits per heavy atom. The van der Waals surface area contributed by atoms with Crippen molar-refractivity contribution >= 4 is 16.7 Å². The molecule has 0 saturated heterocycles. The fraction of sp³-hybridized carbons (Fsp3) is 0.0526. The molecule has 7 heteroatoms. The summed E-state index contributed by atoms with van der Waals surface area (Å²) >= 11 is 0. The normalized spacial score (nSPS) is 10.9. The monoisotopic (exact) mass is 349 g/mol. The molecule has 0 unspecified atom stereocenters. The maximum atomic E-state index is 14.8. The predicted octanol–water partition coefficient (Wildman–Crippen LogP) is 4.07. The number of hydrogen-bond donors (Lipinski definition) is 1. The molecule has 2 aromatic heterocycles. The molecule has 0 saturated carbocycles. The van der Waals surface area contributed by atoms with Crippen LogP contribution in [0.15, 0.2) is 55.0 Å². The van der Waals surface area contributed by atoms with Gasteiger partial charge in [0.1, 0.15) is 28.7 Å². The molecule has 128 valence electrons. The van der Waals surface area contributed by atoms with Gasteiger partial charge in [-0.15, -0.1) is 0 Å². The van der Waals surface area contributed by atoms with Crippen LogP contribution >= 0.6 is 0 Å². The summed E-state index contributed by atoms with van der Waals surface area (Å²) in [6, 6.07) is 9.17. The third-order valence-corrected chi connectivity index (χ3v) is 3.97. The second-order valence-corrected chi connectivity index (χ2v) is 5.57. The number of benzene rings is 2. The molecular formula is C19H13F2N5. The molecule has 1 N–H and O–H groups in total. The minimum Gasteiger partial charge on any atom is -0.373 e. The van der Waals surface area contributed by atoms with Crippen molar-refractivity contribution in [2.24, 2.45) is 0 Å². The Bertz CT molecular complexity index is 1100. The second kappa shape index (κ2) is 6.44. The molecule has 2 heterocycles. The molecule has 0 bridgehead atoms. The van der Waals surface area contributed by atoms with Crippen molar-refractivity contribution in [3.63, 3.8) is 0 Å². The van der Waals surface area contributed by atoms with Gasteiger partial charge in [0.25, 0.3) is 0 Å². The molecule has 0 spiro atoms. The van der Waals surface area contributed by atoms with Gasteiger partial charge in [-0.1, -0.05) is 18.2 Å². The molecular weight excluding hydrogens is 336 g/mol. The minimum absolute atomic E-state index is 0.130. The maximum Gasteiger partial charge on any atom is 0.182 e. The zero-order chi connectivity index (χ0) is 18.1. The topological polar surface area (TPSA) is 63.6 Å². The average Bonchev–Trinajstić information content (AvgIpc) is 2.68. The Morgan fingerprint density at radius 2 is 1.81 bits per heavy atom. The summed E-state index contributed by atoms with van der Waals surface area (Å²) in [5.74, 6) is -0.306. The van der Waals surface area contributed by atoms with Crippen molar-refractivity contribution < 1.29 is 8.78 Å². The van der Waals surface area contributed by atoms with Gasteiger partial charge in [-0.25, -0.2) is 23.7 Å². The van der Waals surface area contributed by atoms with Gasteiger partial charge < -0.3 is 5.32 Å². The summed E-state index contributed by atoms with van der Waals surface area (Å²) in [5, 5.41) is 3.40. The minimum atomic E-state index is -0.565. The smallest absolute Gasteiger partial charge is 0.182 e. The van der Waals surface area contributed by atoms with E-state index < -0.39 is 11.6 Å². The summed E-state index contributed by atoms with van der Waals surface area (Å²) in [6.07, 6.45) is 4.55. The number of nitrogens with zero attached hydrogens (tertiary/aromatic N) is 4.